The second kappa shape index (κ2) is 7.24. The molecule has 6 heteroatoms. The molecule has 4 nitrogen and oxygen atoms in total. The summed E-state index contributed by atoms with van der Waals surface area (Å²) in [7, 11) is 0. The number of nitrogens with zero attached hydrogens (tertiary/aromatic N) is 1. The Hall–Kier alpha value is -0.850. The average Bonchev–Trinajstić information content (AvgIpc) is 2.85. The van der Waals surface area contributed by atoms with Crippen LogP contribution >= 0.6 is 11.8 Å². The Bertz CT molecular complexity index is 467. The minimum atomic E-state index is -1.09. The summed E-state index contributed by atoms with van der Waals surface area (Å²) in [5, 5.41) is 9.88. The van der Waals surface area contributed by atoms with Gasteiger partial charge in [-0.2, -0.15) is 0 Å². The lowest BCUT2D eigenvalue weighted by Gasteiger charge is -2.23. The first-order valence-electron chi connectivity index (χ1n) is 6.56. The number of carbonyl (C=O) groups is 1. The van der Waals surface area contributed by atoms with E-state index >= 15 is 0 Å². The van der Waals surface area contributed by atoms with E-state index in [1.165, 1.54) is 0 Å². The topological polar surface area (TPSA) is 63.6 Å². The zero-order chi connectivity index (χ0) is 14.5. The first-order valence-corrected chi connectivity index (χ1v) is 9.33. The van der Waals surface area contributed by atoms with Crippen molar-refractivity contribution in [2.24, 2.45) is 0 Å². The SMILES string of the molecule is C[S+]([O-])CC(=O)N1CCSC1CCc1ccccc1O. The van der Waals surface area contributed by atoms with Gasteiger partial charge in [0.25, 0.3) is 5.91 Å². The zero-order valence-electron chi connectivity index (χ0n) is 11.4. The molecule has 0 aliphatic carbocycles. The van der Waals surface area contributed by atoms with Crippen LogP contribution in [0.1, 0.15) is 12.0 Å². The van der Waals surface area contributed by atoms with E-state index in [4.69, 9.17) is 0 Å². The van der Waals surface area contributed by atoms with Gasteiger partial charge < -0.3 is 14.6 Å². The van der Waals surface area contributed by atoms with Crippen molar-refractivity contribution in [1.29, 1.82) is 0 Å². The predicted molar refractivity (Wildman–Crippen MR) is 83.3 cm³/mol. The molecule has 2 unspecified atom stereocenters. The van der Waals surface area contributed by atoms with Gasteiger partial charge in [-0.05, 0) is 35.6 Å². The standard InChI is InChI=1S/C14H19NO3S2/c1-20(18)10-13(17)15-8-9-19-14(15)7-6-11-4-2-3-5-12(11)16/h2-5,14,16H,6-10H2,1H3. The third kappa shape index (κ3) is 4.07. The van der Waals surface area contributed by atoms with Crippen LogP contribution in [0.25, 0.3) is 0 Å². The highest BCUT2D eigenvalue weighted by Crippen LogP contribution is 2.29. The number of aromatic hydroxyl groups is 1. The maximum absolute atomic E-state index is 12.0. The number of benzene rings is 1. The second-order valence-corrected chi connectivity index (χ2v) is 7.52. The van der Waals surface area contributed by atoms with Crippen LogP contribution in [0.4, 0.5) is 0 Å². The van der Waals surface area contributed by atoms with Gasteiger partial charge in [-0.15, -0.1) is 11.8 Å². The third-order valence-electron chi connectivity index (χ3n) is 3.29. The van der Waals surface area contributed by atoms with Gasteiger partial charge in [0.15, 0.2) is 5.75 Å². The van der Waals surface area contributed by atoms with Crippen LogP contribution < -0.4 is 0 Å². The fourth-order valence-electron chi connectivity index (χ4n) is 2.30. The number of rotatable bonds is 5. The van der Waals surface area contributed by atoms with Crippen molar-refractivity contribution >= 4 is 28.8 Å². The van der Waals surface area contributed by atoms with E-state index in [0.717, 1.165) is 30.7 Å². The quantitative estimate of drug-likeness (QED) is 0.839. The van der Waals surface area contributed by atoms with Gasteiger partial charge in [0.2, 0.25) is 0 Å². The summed E-state index contributed by atoms with van der Waals surface area (Å²) < 4.78 is 11.2. The fourth-order valence-corrected chi connectivity index (χ4v) is 4.08. The Morgan fingerprint density at radius 2 is 2.30 bits per heavy atom. The van der Waals surface area contributed by atoms with Gasteiger partial charge in [0.05, 0.1) is 11.6 Å². The molecule has 1 N–H and O–H groups in total. The Balaban J connectivity index is 1.91. The van der Waals surface area contributed by atoms with Gasteiger partial charge in [-0.1, -0.05) is 18.2 Å². The zero-order valence-corrected chi connectivity index (χ0v) is 13.1. The Morgan fingerprint density at radius 3 is 3.00 bits per heavy atom. The lowest BCUT2D eigenvalue weighted by molar-refractivity contribution is -0.128. The van der Waals surface area contributed by atoms with E-state index in [-0.39, 0.29) is 17.0 Å². The minimum Gasteiger partial charge on any atom is -0.616 e. The van der Waals surface area contributed by atoms with E-state index < -0.39 is 11.2 Å². The molecule has 1 aromatic carbocycles. The van der Waals surface area contributed by atoms with Crippen LogP contribution in [0.5, 0.6) is 5.75 Å². The molecule has 0 bridgehead atoms. The monoisotopic (exact) mass is 313 g/mol. The van der Waals surface area contributed by atoms with Gasteiger partial charge in [0.1, 0.15) is 5.75 Å². The summed E-state index contributed by atoms with van der Waals surface area (Å²) in [4.78, 5) is 13.8. The van der Waals surface area contributed by atoms with Crippen LogP contribution in [0.2, 0.25) is 0 Å². The van der Waals surface area contributed by atoms with E-state index in [0.29, 0.717) is 5.75 Å². The second-order valence-electron chi connectivity index (χ2n) is 4.80. The number of phenolic OH excluding ortho intramolecular Hbond substituents is 1. The molecule has 1 aliphatic rings. The number of hydrogen-bond acceptors (Lipinski definition) is 4. The van der Waals surface area contributed by atoms with Crippen molar-refractivity contribution in [1.82, 2.24) is 4.90 Å². The molecule has 0 radical (unpaired) electrons. The van der Waals surface area contributed by atoms with E-state index in [9.17, 15) is 14.5 Å². The summed E-state index contributed by atoms with van der Waals surface area (Å²) in [5.74, 6) is 1.31. The predicted octanol–water partition coefficient (Wildman–Crippen LogP) is 1.60. The van der Waals surface area contributed by atoms with Crippen molar-refractivity contribution in [2.75, 3.05) is 24.3 Å². The third-order valence-corrected chi connectivity index (χ3v) is 5.24. The van der Waals surface area contributed by atoms with Crippen LogP contribution in [0.15, 0.2) is 24.3 Å². The Kier molecular flexibility index (Phi) is 5.63. The van der Waals surface area contributed by atoms with Gasteiger partial charge in [-0.3, -0.25) is 4.79 Å². The first-order chi connectivity index (χ1) is 9.58. The van der Waals surface area contributed by atoms with Crippen molar-refractivity contribution in [2.45, 2.75) is 18.2 Å². The molecular weight excluding hydrogens is 294 g/mol. The summed E-state index contributed by atoms with van der Waals surface area (Å²) in [6, 6.07) is 7.29. The number of phenols is 1. The summed E-state index contributed by atoms with van der Waals surface area (Å²) in [5.41, 5.74) is 0.909. The number of thioether (sulfide) groups is 1. The highest BCUT2D eigenvalue weighted by molar-refractivity contribution is 8.00. The molecule has 0 saturated carbocycles. The van der Waals surface area contributed by atoms with Crippen LogP contribution in [-0.2, 0) is 22.4 Å². The molecule has 0 spiro atoms. The molecular formula is C14H19NO3S2. The smallest absolute Gasteiger partial charge is 0.273 e. The number of para-hydroxylation sites is 1. The van der Waals surface area contributed by atoms with Crippen LogP contribution in [0, 0.1) is 0 Å². The molecule has 1 saturated heterocycles. The molecule has 1 aliphatic heterocycles. The van der Waals surface area contributed by atoms with E-state index in [2.05, 4.69) is 0 Å². The highest BCUT2D eigenvalue weighted by Gasteiger charge is 2.30. The molecule has 1 heterocycles. The maximum atomic E-state index is 12.0. The summed E-state index contributed by atoms with van der Waals surface area (Å²) in [6.45, 7) is 0.728. The highest BCUT2D eigenvalue weighted by atomic mass is 32.2. The van der Waals surface area contributed by atoms with Crippen molar-refractivity contribution in [3.63, 3.8) is 0 Å². The number of amides is 1. The molecule has 2 atom stereocenters. The molecule has 110 valence electrons. The van der Waals surface area contributed by atoms with E-state index in [1.54, 1.807) is 30.2 Å². The minimum absolute atomic E-state index is 0.0295. The van der Waals surface area contributed by atoms with Gasteiger partial charge in [0, 0.05) is 12.3 Å². The van der Waals surface area contributed by atoms with Crippen molar-refractivity contribution in [3.8, 4) is 5.75 Å². The maximum Gasteiger partial charge on any atom is 0.273 e. The average molecular weight is 313 g/mol. The number of aryl methyl sites for hydroxylation is 1. The largest absolute Gasteiger partial charge is 0.616 e. The van der Waals surface area contributed by atoms with Gasteiger partial charge >= 0.3 is 0 Å². The Morgan fingerprint density at radius 1 is 1.55 bits per heavy atom. The van der Waals surface area contributed by atoms with Gasteiger partial charge in [-0.25, -0.2) is 0 Å². The molecule has 0 aromatic heterocycles. The van der Waals surface area contributed by atoms with E-state index in [1.807, 2.05) is 17.0 Å². The van der Waals surface area contributed by atoms with Crippen LogP contribution in [-0.4, -0.2) is 50.1 Å². The molecule has 2 rings (SSSR count). The fraction of sp³-hybridized carbons (Fsp3) is 0.500. The molecule has 1 aromatic rings. The summed E-state index contributed by atoms with van der Waals surface area (Å²) in [6.07, 6.45) is 3.10. The molecule has 20 heavy (non-hydrogen) atoms. The number of hydrogen-bond donors (Lipinski definition) is 1. The van der Waals surface area contributed by atoms with Crippen molar-refractivity contribution < 1.29 is 14.5 Å². The lowest BCUT2D eigenvalue weighted by Crippen LogP contribution is -2.38. The number of carbonyl (C=O) groups excluding carboxylic acids is 1. The lowest BCUT2D eigenvalue weighted by atomic mass is 10.1. The molecule has 1 fully saturated rings. The molecule has 1 amide bonds. The normalized spacial score (nSPS) is 20.1. The Labute approximate surface area is 126 Å². The first kappa shape index (κ1) is 15.5. The summed E-state index contributed by atoms with van der Waals surface area (Å²) >= 11 is 0.665. The van der Waals surface area contributed by atoms with Crippen molar-refractivity contribution in [3.05, 3.63) is 29.8 Å². The van der Waals surface area contributed by atoms with Crippen LogP contribution in [0.3, 0.4) is 0 Å².